The molecule has 1 spiro atoms. The van der Waals surface area contributed by atoms with Crippen LogP contribution < -0.4 is 10.1 Å². The molecule has 1 aliphatic carbocycles. The molecule has 1 aromatic carbocycles. The predicted molar refractivity (Wildman–Crippen MR) is 96.3 cm³/mol. The number of rotatable bonds is 4. The lowest BCUT2D eigenvalue weighted by atomic mass is 9.68. The molecule has 8 heteroatoms. The van der Waals surface area contributed by atoms with Crippen molar-refractivity contribution < 1.29 is 27.8 Å². The summed E-state index contributed by atoms with van der Waals surface area (Å²) in [5.74, 6) is 0.612. The van der Waals surface area contributed by atoms with E-state index in [9.17, 15) is 18.4 Å². The van der Waals surface area contributed by atoms with E-state index in [1.54, 1.807) is 13.0 Å². The zero-order valence-electron chi connectivity index (χ0n) is 15.7. The lowest BCUT2D eigenvalue weighted by Gasteiger charge is -2.45. The highest BCUT2D eigenvalue weighted by atomic mass is 19.3. The summed E-state index contributed by atoms with van der Waals surface area (Å²) >= 11 is 0. The van der Waals surface area contributed by atoms with Crippen molar-refractivity contribution in [2.24, 2.45) is 5.92 Å². The first-order valence-corrected chi connectivity index (χ1v) is 9.64. The third-order valence-corrected chi connectivity index (χ3v) is 6.16. The summed E-state index contributed by atoms with van der Waals surface area (Å²) in [6, 6.07) is 5.34. The third kappa shape index (κ3) is 3.64. The highest BCUT2D eigenvalue weighted by Gasteiger charge is 2.53. The smallest absolute Gasteiger partial charge is 0.407 e. The van der Waals surface area contributed by atoms with Crippen LogP contribution in [0.5, 0.6) is 5.75 Å². The van der Waals surface area contributed by atoms with Gasteiger partial charge in [0, 0.05) is 19.0 Å². The van der Waals surface area contributed by atoms with Crippen LogP contribution in [0, 0.1) is 12.8 Å². The van der Waals surface area contributed by atoms with E-state index in [4.69, 9.17) is 4.74 Å². The van der Waals surface area contributed by atoms with Crippen molar-refractivity contribution in [1.29, 1.82) is 0 Å². The van der Waals surface area contributed by atoms with Gasteiger partial charge in [0.25, 0.3) is 0 Å². The number of likely N-dealkylation sites (tertiary alicyclic amines) is 1. The zero-order chi connectivity index (χ0) is 19.9. The first-order chi connectivity index (χ1) is 13.3. The topological polar surface area (TPSA) is 67.9 Å². The van der Waals surface area contributed by atoms with Gasteiger partial charge >= 0.3 is 12.7 Å². The molecule has 3 fully saturated rings. The molecule has 2 saturated heterocycles. The Kier molecular flexibility index (Phi) is 4.89. The Morgan fingerprint density at radius 3 is 2.61 bits per heavy atom. The molecule has 0 aromatic heterocycles. The van der Waals surface area contributed by atoms with Crippen molar-refractivity contribution in [2.45, 2.75) is 50.7 Å². The maximum absolute atomic E-state index is 12.7. The maximum Gasteiger partial charge on any atom is 0.407 e. The molecule has 0 bridgehead atoms. The number of benzene rings is 1. The Balaban J connectivity index is 1.29. The number of alkyl carbamates (subject to hydrolysis) is 1. The van der Waals surface area contributed by atoms with Crippen molar-refractivity contribution in [3.8, 4) is 5.75 Å². The van der Waals surface area contributed by atoms with Gasteiger partial charge < -0.3 is 19.7 Å². The number of halogens is 2. The van der Waals surface area contributed by atoms with E-state index in [1.807, 2.05) is 17.0 Å². The molecule has 2 heterocycles. The van der Waals surface area contributed by atoms with Crippen LogP contribution >= 0.6 is 0 Å². The molecule has 2 aliphatic heterocycles. The summed E-state index contributed by atoms with van der Waals surface area (Å²) in [5, 5.41) is 2.82. The number of carbonyl (C=O) groups excluding carboxylic acids is 2. The number of carbonyl (C=O) groups is 2. The van der Waals surface area contributed by atoms with Crippen molar-refractivity contribution >= 4 is 12.0 Å². The highest BCUT2D eigenvalue weighted by molar-refractivity contribution is 5.81. The molecule has 1 saturated carbocycles. The standard InChI is InChI=1S/C20H24F2N2O4/c1-12-8-14(2-3-16(12)28-18(21)22)13-4-6-24(7-5-13)17(25)15-9-20(10-15)11-27-19(26)23-20/h2-3,8,13,15,18H,4-7,9-11H2,1H3,(H,23,26)/t15-,20+. The lowest BCUT2D eigenvalue weighted by molar-refractivity contribution is -0.142. The van der Waals surface area contributed by atoms with E-state index in [-0.39, 0.29) is 23.1 Å². The van der Waals surface area contributed by atoms with E-state index in [1.165, 1.54) is 0 Å². The molecule has 2 amide bonds. The second-order valence-corrected chi connectivity index (χ2v) is 8.09. The van der Waals surface area contributed by atoms with E-state index in [0.29, 0.717) is 44.0 Å². The van der Waals surface area contributed by atoms with Gasteiger partial charge in [-0.05, 0) is 55.7 Å². The monoisotopic (exact) mass is 394 g/mol. The first kappa shape index (κ1) is 19.0. The predicted octanol–water partition coefficient (Wildman–Crippen LogP) is 3.19. The Labute approximate surface area is 162 Å². The number of nitrogens with zero attached hydrogens (tertiary/aromatic N) is 1. The Hall–Kier alpha value is -2.38. The Bertz CT molecular complexity index is 771. The molecule has 1 aromatic rings. The van der Waals surface area contributed by atoms with Gasteiger partial charge in [-0.25, -0.2) is 4.79 Å². The molecular weight excluding hydrogens is 370 g/mol. The van der Waals surface area contributed by atoms with Crippen LogP contribution in [0.2, 0.25) is 0 Å². The molecule has 6 nitrogen and oxygen atoms in total. The quantitative estimate of drug-likeness (QED) is 0.852. The maximum atomic E-state index is 12.7. The number of amides is 2. The lowest BCUT2D eigenvalue weighted by Crippen LogP contribution is -2.58. The number of hydrogen-bond acceptors (Lipinski definition) is 4. The van der Waals surface area contributed by atoms with Gasteiger partial charge in [-0.1, -0.05) is 12.1 Å². The summed E-state index contributed by atoms with van der Waals surface area (Å²) < 4.78 is 34.3. The number of piperidine rings is 1. The van der Waals surface area contributed by atoms with E-state index in [0.717, 1.165) is 18.4 Å². The van der Waals surface area contributed by atoms with Crippen molar-refractivity contribution in [1.82, 2.24) is 10.2 Å². The molecular formula is C20H24F2N2O4. The van der Waals surface area contributed by atoms with Gasteiger partial charge in [0.1, 0.15) is 12.4 Å². The van der Waals surface area contributed by atoms with Gasteiger partial charge in [0.2, 0.25) is 5.91 Å². The van der Waals surface area contributed by atoms with E-state index in [2.05, 4.69) is 10.1 Å². The minimum absolute atomic E-state index is 0.0495. The van der Waals surface area contributed by atoms with Crippen LogP contribution in [0.3, 0.4) is 0 Å². The first-order valence-electron chi connectivity index (χ1n) is 9.64. The van der Waals surface area contributed by atoms with Crippen molar-refractivity contribution in [3.05, 3.63) is 29.3 Å². The normalized spacial score (nSPS) is 27.5. The molecule has 0 radical (unpaired) electrons. The van der Waals surface area contributed by atoms with Crippen LogP contribution in [0.4, 0.5) is 13.6 Å². The van der Waals surface area contributed by atoms with Crippen molar-refractivity contribution in [2.75, 3.05) is 19.7 Å². The largest absolute Gasteiger partial charge is 0.447 e. The minimum atomic E-state index is -2.83. The molecule has 3 aliphatic rings. The number of cyclic esters (lactones) is 1. The number of ether oxygens (including phenoxy) is 2. The van der Waals surface area contributed by atoms with Gasteiger partial charge in [-0.15, -0.1) is 0 Å². The second kappa shape index (κ2) is 7.22. The fourth-order valence-electron chi connectivity index (χ4n) is 4.62. The van der Waals surface area contributed by atoms with E-state index >= 15 is 0 Å². The molecule has 0 unspecified atom stereocenters. The van der Waals surface area contributed by atoms with Gasteiger partial charge in [-0.3, -0.25) is 4.79 Å². The Morgan fingerprint density at radius 1 is 1.32 bits per heavy atom. The van der Waals surface area contributed by atoms with Crippen LogP contribution in [-0.4, -0.2) is 48.7 Å². The minimum Gasteiger partial charge on any atom is -0.447 e. The summed E-state index contributed by atoms with van der Waals surface area (Å²) in [7, 11) is 0. The molecule has 0 atom stereocenters. The summed E-state index contributed by atoms with van der Waals surface area (Å²) in [6.07, 6.45) is 2.58. The summed E-state index contributed by atoms with van der Waals surface area (Å²) in [5.41, 5.74) is 1.45. The Morgan fingerprint density at radius 2 is 2.04 bits per heavy atom. The van der Waals surface area contributed by atoms with Crippen LogP contribution in [0.25, 0.3) is 0 Å². The summed E-state index contributed by atoms with van der Waals surface area (Å²) in [4.78, 5) is 25.9. The van der Waals surface area contributed by atoms with Crippen LogP contribution in [0.1, 0.15) is 42.7 Å². The van der Waals surface area contributed by atoms with Gasteiger partial charge in [-0.2, -0.15) is 8.78 Å². The van der Waals surface area contributed by atoms with Gasteiger partial charge in [0.05, 0.1) is 5.54 Å². The van der Waals surface area contributed by atoms with Gasteiger partial charge in [0.15, 0.2) is 0 Å². The third-order valence-electron chi connectivity index (χ3n) is 6.16. The SMILES string of the molecule is Cc1cc(C2CCN(C(=O)[C@H]3C[C@]4(COC(=O)N4)C3)CC2)ccc1OC(F)F. The summed E-state index contributed by atoms with van der Waals surface area (Å²) in [6.45, 7) is 0.655. The second-order valence-electron chi connectivity index (χ2n) is 8.09. The molecule has 28 heavy (non-hydrogen) atoms. The number of alkyl halides is 2. The fraction of sp³-hybridized carbons (Fsp3) is 0.600. The highest BCUT2D eigenvalue weighted by Crippen LogP contribution is 2.42. The van der Waals surface area contributed by atoms with Crippen LogP contribution in [-0.2, 0) is 9.53 Å². The number of aryl methyl sites for hydroxylation is 1. The average molecular weight is 394 g/mol. The number of nitrogens with one attached hydrogen (secondary N) is 1. The fourth-order valence-corrected chi connectivity index (χ4v) is 4.62. The van der Waals surface area contributed by atoms with Crippen molar-refractivity contribution in [3.63, 3.8) is 0 Å². The zero-order valence-corrected chi connectivity index (χ0v) is 15.7. The van der Waals surface area contributed by atoms with E-state index < -0.39 is 12.7 Å². The average Bonchev–Trinajstić information content (AvgIpc) is 3.04. The molecule has 1 N–H and O–H groups in total. The number of hydrogen-bond donors (Lipinski definition) is 1. The molecule has 152 valence electrons. The van der Waals surface area contributed by atoms with Crippen LogP contribution in [0.15, 0.2) is 18.2 Å². The molecule has 4 rings (SSSR count).